The highest BCUT2D eigenvalue weighted by molar-refractivity contribution is 7.89. The Bertz CT molecular complexity index is 567. The molecule has 0 amide bonds. The normalized spacial score (nSPS) is 17.0. The Kier molecular flexibility index (Phi) is 4.39. The Morgan fingerprint density at radius 1 is 1.20 bits per heavy atom. The van der Waals surface area contributed by atoms with E-state index in [1.54, 1.807) is 33.0 Å². The number of benzene rings is 1. The molecule has 1 fully saturated rings. The van der Waals surface area contributed by atoms with E-state index >= 15 is 0 Å². The van der Waals surface area contributed by atoms with E-state index in [-0.39, 0.29) is 0 Å². The van der Waals surface area contributed by atoms with E-state index < -0.39 is 10.0 Å². The van der Waals surface area contributed by atoms with Crippen molar-refractivity contribution >= 4 is 15.7 Å². The molecule has 0 unspecified atom stereocenters. The quantitative estimate of drug-likeness (QED) is 0.869. The van der Waals surface area contributed by atoms with Crippen LogP contribution in [0.25, 0.3) is 0 Å². The van der Waals surface area contributed by atoms with Crippen LogP contribution in [0.15, 0.2) is 17.0 Å². The van der Waals surface area contributed by atoms with E-state index in [1.807, 2.05) is 0 Å². The lowest BCUT2D eigenvalue weighted by molar-refractivity contribution is 0.387. The van der Waals surface area contributed by atoms with Gasteiger partial charge in [0.15, 0.2) is 0 Å². The van der Waals surface area contributed by atoms with Gasteiger partial charge in [-0.05, 0) is 55.9 Å². The number of aryl methyl sites for hydroxylation is 2. The highest BCUT2D eigenvalue weighted by atomic mass is 32.2. The summed E-state index contributed by atoms with van der Waals surface area (Å²) in [5.74, 6) is 0.504. The molecule has 0 spiro atoms. The second-order valence-electron chi connectivity index (χ2n) is 5.92. The molecule has 112 valence electrons. The summed E-state index contributed by atoms with van der Waals surface area (Å²) in [6.45, 7) is 4.23. The van der Waals surface area contributed by atoms with Crippen molar-refractivity contribution in [2.45, 2.75) is 44.4 Å². The fourth-order valence-corrected chi connectivity index (χ4v) is 4.85. The molecule has 1 saturated carbocycles. The van der Waals surface area contributed by atoms with Gasteiger partial charge >= 0.3 is 0 Å². The number of rotatable bonds is 4. The predicted molar refractivity (Wildman–Crippen MR) is 82.1 cm³/mol. The average Bonchev–Trinajstić information content (AvgIpc) is 2.79. The predicted octanol–water partition coefficient (Wildman–Crippen LogP) is 2.70. The molecule has 1 aromatic carbocycles. The van der Waals surface area contributed by atoms with Crippen molar-refractivity contribution < 1.29 is 8.42 Å². The number of hydrogen-bond acceptors (Lipinski definition) is 3. The minimum Gasteiger partial charge on any atom is -0.399 e. The Morgan fingerprint density at radius 3 is 2.20 bits per heavy atom. The zero-order chi connectivity index (χ0) is 14.9. The molecular weight excluding hydrogens is 272 g/mol. The molecule has 2 rings (SSSR count). The maximum Gasteiger partial charge on any atom is 0.243 e. The average molecular weight is 296 g/mol. The molecule has 0 bridgehead atoms. The van der Waals surface area contributed by atoms with Crippen LogP contribution in [-0.2, 0) is 10.0 Å². The van der Waals surface area contributed by atoms with Crippen LogP contribution in [-0.4, -0.2) is 26.3 Å². The minimum atomic E-state index is -3.43. The van der Waals surface area contributed by atoms with Gasteiger partial charge in [0, 0.05) is 19.3 Å². The van der Waals surface area contributed by atoms with Gasteiger partial charge in [0.2, 0.25) is 10.0 Å². The van der Waals surface area contributed by atoms with E-state index in [9.17, 15) is 8.42 Å². The maximum atomic E-state index is 12.8. The SMILES string of the molecule is Cc1cc(N)cc(C)c1S(=O)(=O)N(C)CC1CCCC1. The first-order chi connectivity index (χ1) is 9.32. The van der Waals surface area contributed by atoms with Crippen LogP contribution in [0.5, 0.6) is 0 Å². The summed E-state index contributed by atoms with van der Waals surface area (Å²) >= 11 is 0. The molecule has 0 saturated heterocycles. The topological polar surface area (TPSA) is 63.4 Å². The molecule has 0 radical (unpaired) electrons. The third-order valence-corrected chi connectivity index (χ3v) is 6.27. The molecule has 1 aliphatic rings. The van der Waals surface area contributed by atoms with Gasteiger partial charge in [0.05, 0.1) is 4.90 Å². The van der Waals surface area contributed by atoms with Crippen LogP contribution in [0.4, 0.5) is 5.69 Å². The summed E-state index contributed by atoms with van der Waals surface area (Å²) in [6.07, 6.45) is 4.72. The third-order valence-electron chi connectivity index (χ3n) is 4.14. The van der Waals surface area contributed by atoms with E-state index in [4.69, 9.17) is 5.73 Å². The lowest BCUT2D eigenvalue weighted by Gasteiger charge is -2.23. The van der Waals surface area contributed by atoms with Crippen LogP contribution >= 0.6 is 0 Å². The largest absolute Gasteiger partial charge is 0.399 e. The summed E-state index contributed by atoms with van der Waals surface area (Å²) in [4.78, 5) is 0.409. The second-order valence-corrected chi connectivity index (χ2v) is 7.90. The number of anilines is 1. The number of sulfonamides is 1. The number of nitrogens with two attached hydrogens (primary N) is 1. The molecule has 0 atom stereocenters. The van der Waals surface area contributed by atoms with Crippen molar-refractivity contribution in [3.8, 4) is 0 Å². The smallest absolute Gasteiger partial charge is 0.243 e. The number of hydrogen-bond donors (Lipinski definition) is 1. The van der Waals surface area contributed by atoms with Gasteiger partial charge in [-0.2, -0.15) is 0 Å². The lowest BCUT2D eigenvalue weighted by Crippen LogP contribution is -2.32. The standard InChI is InChI=1S/C15H24N2O2S/c1-11-8-14(16)9-12(2)15(11)20(18,19)17(3)10-13-6-4-5-7-13/h8-9,13H,4-7,10,16H2,1-3H3. The molecule has 5 heteroatoms. The fraction of sp³-hybridized carbons (Fsp3) is 0.600. The first-order valence-corrected chi connectivity index (χ1v) is 8.59. The Hall–Kier alpha value is -1.07. The van der Waals surface area contributed by atoms with Gasteiger partial charge in [-0.15, -0.1) is 0 Å². The Labute approximate surface area is 122 Å². The van der Waals surface area contributed by atoms with Crippen molar-refractivity contribution in [3.05, 3.63) is 23.3 Å². The molecule has 0 aliphatic heterocycles. The van der Waals surface area contributed by atoms with Crippen LogP contribution in [0.1, 0.15) is 36.8 Å². The highest BCUT2D eigenvalue weighted by Crippen LogP contribution is 2.29. The molecule has 4 nitrogen and oxygen atoms in total. The Balaban J connectivity index is 2.29. The Morgan fingerprint density at radius 2 is 1.70 bits per heavy atom. The monoisotopic (exact) mass is 296 g/mol. The van der Waals surface area contributed by atoms with E-state index in [2.05, 4.69) is 0 Å². The van der Waals surface area contributed by atoms with Crippen LogP contribution in [0, 0.1) is 19.8 Å². The summed E-state index contributed by atoms with van der Waals surface area (Å²) in [5.41, 5.74) is 7.83. The minimum absolute atomic E-state index is 0.409. The van der Waals surface area contributed by atoms with Gasteiger partial charge in [-0.1, -0.05) is 12.8 Å². The molecule has 20 heavy (non-hydrogen) atoms. The molecule has 1 aliphatic carbocycles. The van der Waals surface area contributed by atoms with Gasteiger partial charge in [0.1, 0.15) is 0 Å². The van der Waals surface area contributed by atoms with Crippen LogP contribution in [0.2, 0.25) is 0 Å². The van der Waals surface area contributed by atoms with Crippen LogP contribution < -0.4 is 5.73 Å². The zero-order valence-electron chi connectivity index (χ0n) is 12.5. The summed E-state index contributed by atoms with van der Waals surface area (Å²) < 4.78 is 27.0. The molecular formula is C15H24N2O2S. The first kappa shape index (κ1) is 15.3. The maximum absolute atomic E-state index is 12.8. The van der Waals surface area contributed by atoms with E-state index in [0.29, 0.717) is 23.0 Å². The van der Waals surface area contributed by atoms with Crippen molar-refractivity contribution in [3.63, 3.8) is 0 Å². The van der Waals surface area contributed by atoms with Crippen molar-refractivity contribution in [1.29, 1.82) is 0 Å². The lowest BCUT2D eigenvalue weighted by atomic mass is 10.1. The van der Waals surface area contributed by atoms with E-state index in [0.717, 1.165) is 24.0 Å². The van der Waals surface area contributed by atoms with Crippen LogP contribution in [0.3, 0.4) is 0 Å². The second kappa shape index (κ2) is 5.74. The third kappa shape index (κ3) is 2.99. The van der Waals surface area contributed by atoms with Gasteiger partial charge in [0.25, 0.3) is 0 Å². The van der Waals surface area contributed by atoms with Crippen molar-refractivity contribution in [2.75, 3.05) is 19.3 Å². The summed E-state index contributed by atoms with van der Waals surface area (Å²) in [7, 11) is -1.74. The summed E-state index contributed by atoms with van der Waals surface area (Å²) in [5, 5.41) is 0. The first-order valence-electron chi connectivity index (χ1n) is 7.15. The van der Waals surface area contributed by atoms with Crippen molar-refractivity contribution in [1.82, 2.24) is 4.31 Å². The van der Waals surface area contributed by atoms with E-state index in [1.165, 1.54) is 17.1 Å². The highest BCUT2D eigenvalue weighted by Gasteiger charge is 2.28. The molecule has 1 aromatic rings. The molecule has 0 heterocycles. The van der Waals surface area contributed by atoms with Gasteiger partial charge in [-0.3, -0.25) is 0 Å². The fourth-order valence-electron chi connectivity index (χ4n) is 3.20. The van der Waals surface area contributed by atoms with Gasteiger partial charge < -0.3 is 5.73 Å². The van der Waals surface area contributed by atoms with Gasteiger partial charge in [-0.25, -0.2) is 12.7 Å². The molecule has 0 aromatic heterocycles. The summed E-state index contributed by atoms with van der Waals surface area (Å²) in [6, 6.07) is 3.45. The number of nitrogen functional groups attached to an aromatic ring is 1. The number of nitrogens with zero attached hydrogens (tertiary/aromatic N) is 1. The zero-order valence-corrected chi connectivity index (χ0v) is 13.3. The van der Waals surface area contributed by atoms with Crippen molar-refractivity contribution in [2.24, 2.45) is 5.92 Å². The molecule has 2 N–H and O–H groups in total.